The molecular weight excluding hydrogens is 126 g/mol. The number of hydrogen-bond donors (Lipinski definition) is 0. The van der Waals surface area contributed by atoms with Crippen molar-refractivity contribution in [2.45, 2.75) is 12.8 Å². The van der Waals surface area contributed by atoms with Crippen LogP contribution in [0.1, 0.15) is 11.5 Å². The van der Waals surface area contributed by atoms with E-state index in [0.29, 0.717) is 5.88 Å². The molecule has 0 radical (unpaired) electrons. The van der Waals surface area contributed by atoms with Gasteiger partial charge in [-0.3, -0.25) is 0 Å². The second-order valence-electron chi connectivity index (χ2n) is 1.49. The van der Waals surface area contributed by atoms with Crippen LogP contribution in [-0.2, 0) is 5.88 Å². The number of halogens is 1. The Kier molecular flexibility index (Phi) is 1.53. The van der Waals surface area contributed by atoms with E-state index in [1.807, 2.05) is 6.92 Å². The van der Waals surface area contributed by atoms with E-state index in [2.05, 4.69) is 4.98 Å². The van der Waals surface area contributed by atoms with Crippen LogP contribution in [0, 0.1) is 6.92 Å². The molecule has 0 aliphatic carbocycles. The predicted octanol–water partition coefficient (Wildman–Crippen LogP) is 1.72. The molecule has 1 heterocycles. The topological polar surface area (TPSA) is 26.0 Å². The van der Waals surface area contributed by atoms with E-state index < -0.39 is 0 Å². The minimum absolute atomic E-state index is 0.409. The third-order valence-corrected chi connectivity index (χ3v) is 1.21. The molecule has 0 fully saturated rings. The lowest BCUT2D eigenvalue weighted by Gasteiger charge is -1.82. The lowest BCUT2D eigenvalue weighted by molar-refractivity contribution is 0.520. The maximum Gasteiger partial charge on any atom is 0.181 e. The van der Waals surface area contributed by atoms with Gasteiger partial charge in [-0.1, -0.05) is 0 Å². The van der Waals surface area contributed by atoms with Crippen LogP contribution < -0.4 is 0 Å². The molecule has 0 N–H and O–H groups in total. The summed E-state index contributed by atoms with van der Waals surface area (Å²) >= 11 is 5.44. The maximum absolute atomic E-state index is 5.44. The van der Waals surface area contributed by atoms with E-state index >= 15 is 0 Å². The SMILES string of the molecule is Cc1ncoc1CCl. The van der Waals surface area contributed by atoms with Crippen molar-refractivity contribution in [3.05, 3.63) is 17.8 Å². The van der Waals surface area contributed by atoms with Crippen LogP contribution in [0.3, 0.4) is 0 Å². The zero-order valence-corrected chi connectivity index (χ0v) is 5.27. The number of nitrogens with zero attached hydrogens (tertiary/aromatic N) is 1. The van der Waals surface area contributed by atoms with Gasteiger partial charge in [0.1, 0.15) is 5.76 Å². The molecule has 0 spiro atoms. The molecule has 3 heteroatoms. The molecule has 0 saturated carbocycles. The fraction of sp³-hybridized carbons (Fsp3) is 0.400. The molecule has 8 heavy (non-hydrogen) atoms. The van der Waals surface area contributed by atoms with Crippen molar-refractivity contribution in [3.8, 4) is 0 Å². The van der Waals surface area contributed by atoms with Crippen LogP contribution in [0.2, 0.25) is 0 Å². The molecule has 1 aromatic rings. The molecule has 0 aromatic carbocycles. The van der Waals surface area contributed by atoms with Gasteiger partial charge in [0.15, 0.2) is 6.39 Å². The zero-order valence-electron chi connectivity index (χ0n) is 4.52. The minimum atomic E-state index is 0.409. The van der Waals surface area contributed by atoms with E-state index in [1.165, 1.54) is 6.39 Å². The third-order valence-electron chi connectivity index (χ3n) is 0.966. The van der Waals surface area contributed by atoms with Crippen LogP contribution in [0.25, 0.3) is 0 Å². The van der Waals surface area contributed by atoms with Gasteiger partial charge in [0.25, 0.3) is 0 Å². The van der Waals surface area contributed by atoms with Crippen molar-refractivity contribution in [2.75, 3.05) is 0 Å². The van der Waals surface area contributed by atoms with E-state index in [9.17, 15) is 0 Å². The van der Waals surface area contributed by atoms with E-state index in [-0.39, 0.29) is 0 Å². The highest BCUT2D eigenvalue weighted by molar-refractivity contribution is 6.16. The smallest absolute Gasteiger partial charge is 0.181 e. The van der Waals surface area contributed by atoms with Gasteiger partial charge in [-0.2, -0.15) is 0 Å². The van der Waals surface area contributed by atoms with Crippen molar-refractivity contribution >= 4 is 11.6 Å². The summed E-state index contributed by atoms with van der Waals surface area (Å²) in [6, 6.07) is 0. The molecular formula is C5H6ClNO. The predicted molar refractivity (Wildman–Crippen MR) is 30.8 cm³/mol. The van der Waals surface area contributed by atoms with Crippen LogP contribution in [0.15, 0.2) is 10.8 Å². The van der Waals surface area contributed by atoms with Gasteiger partial charge in [0, 0.05) is 0 Å². The Morgan fingerprint density at radius 2 is 2.62 bits per heavy atom. The lowest BCUT2D eigenvalue weighted by Crippen LogP contribution is -1.75. The van der Waals surface area contributed by atoms with Gasteiger partial charge >= 0.3 is 0 Å². The molecule has 0 unspecified atom stereocenters. The van der Waals surface area contributed by atoms with E-state index in [4.69, 9.17) is 16.0 Å². The molecule has 0 bridgehead atoms. The second-order valence-corrected chi connectivity index (χ2v) is 1.76. The number of aryl methyl sites for hydroxylation is 1. The first kappa shape index (κ1) is 5.63. The quantitative estimate of drug-likeness (QED) is 0.543. The van der Waals surface area contributed by atoms with Crippen LogP contribution in [0.4, 0.5) is 0 Å². The van der Waals surface area contributed by atoms with Crippen LogP contribution in [0.5, 0.6) is 0 Å². The molecule has 0 saturated heterocycles. The van der Waals surface area contributed by atoms with Crippen molar-refractivity contribution in [2.24, 2.45) is 0 Å². The van der Waals surface area contributed by atoms with Crippen molar-refractivity contribution in [1.82, 2.24) is 4.98 Å². The largest absolute Gasteiger partial charge is 0.447 e. The standard InChI is InChI=1S/C5H6ClNO/c1-4-5(2-6)8-3-7-4/h3H,2H2,1H3. The van der Waals surface area contributed by atoms with Gasteiger partial charge in [0.05, 0.1) is 11.6 Å². The van der Waals surface area contributed by atoms with Gasteiger partial charge in [-0.25, -0.2) is 4.98 Å². The monoisotopic (exact) mass is 131 g/mol. The summed E-state index contributed by atoms with van der Waals surface area (Å²) in [5.74, 6) is 1.16. The van der Waals surface area contributed by atoms with E-state index in [1.54, 1.807) is 0 Å². The molecule has 44 valence electrons. The fourth-order valence-corrected chi connectivity index (χ4v) is 0.711. The molecule has 0 amide bonds. The molecule has 0 aliphatic heterocycles. The zero-order chi connectivity index (χ0) is 5.98. The summed E-state index contributed by atoms with van der Waals surface area (Å²) in [4.78, 5) is 3.84. The molecule has 1 rings (SSSR count). The number of oxazole rings is 1. The summed E-state index contributed by atoms with van der Waals surface area (Å²) in [5.41, 5.74) is 0.875. The normalized spacial score (nSPS) is 9.75. The fourth-order valence-electron chi connectivity index (χ4n) is 0.454. The Bertz CT molecular complexity index is 173. The van der Waals surface area contributed by atoms with Crippen molar-refractivity contribution in [3.63, 3.8) is 0 Å². The summed E-state index contributed by atoms with van der Waals surface area (Å²) < 4.78 is 4.87. The minimum Gasteiger partial charge on any atom is -0.447 e. The second kappa shape index (κ2) is 2.18. The maximum atomic E-state index is 5.44. The Labute approximate surface area is 52.5 Å². The Morgan fingerprint density at radius 3 is 2.88 bits per heavy atom. The van der Waals surface area contributed by atoms with Gasteiger partial charge in [-0.05, 0) is 6.92 Å². The van der Waals surface area contributed by atoms with Crippen LogP contribution in [-0.4, -0.2) is 4.98 Å². The Balaban J connectivity index is 2.92. The van der Waals surface area contributed by atoms with Gasteiger partial charge < -0.3 is 4.42 Å². The Hall–Kier alpha value is -0.500. The third kappa shape index (κ3) is 0.842. The van der Waals surface area contributed by atoms with Gasteiger partial charge in [0.2, 0.25) is 0 Å². The average Bonchev–Trinajstić information content (AvgIpc) is 2.14. The molecule has 0 aliphatic rings. The first-order valence-corrected chi connectivity index (χ1v) is 2.83. The number of alkyl halides is 1. The molecule has 1 aromatic heterocycles. The summed E-state index contributed by atoms with van der Waals surface area (Å²) in [6.07, 6.45) is 1.40. The number of rotatable bonds is 1. The van der Waals surface area contributed by atoms with E-state index in [0.717, 1.165) is 11.5 Å². The highest BCUT2D eigenvalue weighted by atomic mass is 35.5. The van der Waals surface area contributed by atoms with Crippen molar-refractivity contribution < 1.29 is 4.42 Å². The Morgan fingerprint density at radius 1 is 1.88 bits per heavy atom. The summed E-state index contributed by atoms with van der Waals surface area (Å²) in [7, 11) is 0. The molecule has 2 nitrogen and oxygen atoms in total. The summed E-state index contributed by atoms with van der Waals surface area (Å²) in [6.45, 7) is 1.86. The highest BCUT2D eigenvalue weighted by Crippen LogP contribution is 2.06. The number of hydrogen-bond acceptors (Lipinski definition) is 2. The van der Waals surface area contributed by atoms with Crippen molar-refractivity contribution in [1.29, 1.82) is 0 Å². The van der Waals surface area contributed by atoms with Crippen LogP contribution >= 0.6 is 11.6 Å². The molecule has 0 atom stereocenters. The first-order valence-electron chi connectivity index (χ1n) is 2.29. The highest BCUT2D eigenvalue weighted by Gasteiger charge is 1.97. The summed E-state index contributed by atoms with van der Waals surface area (Å²) in [5, 5.41) is 0. The first-order chi connectivity index (χ1) is 3.84. The lowest BCUT2D eigenvalue weighted by atomic mass is 10.4. The average molecular weight is 132 g/mol. The van der Waals surface area contributed by atoms with Gasteiger partial charge in [-0.15, -0.1) is 11.6 Å². The number of aromatic nitrogens is 1.